The van der Waals surface area contributed by atoms with Crippen LogP contribution in [0.25, 0.3) is 11.3 Å². The Morgan fingerprint density at radius 1 is 0.730 bits per heavy atom. The summed E-state index contributed by atoms with van der Waals surface area (Å²) in [5.41, 5.74) is 0.211. The first-order valence-corrected chi connectivity index (χ1v) is 12.1. The predicted molar refractivity (Wildman–Crippen MR) is 141 cm³/mol. The first-order chi connectivity index (χ1) is 17.9. The average molecular weight is 497 g/mol. The van der Waals surface area contributed by atoms with E-state index in [0.717, 1.165) is 0 Å². The van der Waals surface area contributed by atoms with Gasteiger partial charge in [0.25, 0.3) is 0 Å². The lowest BCUT2D eigenvalue weighted by Crippen LogP contribution is -2.46. The predicted octanol–water partition coefficient (Wildman–Crippen LogP) is 5.69. The zero-order chi connectivity index (χ0) is 26.6. The van der Waals surface area contributed by atoms with Crippen LogP contribution in [0.15, 0.2) is 96.1 Å². The summed E-state index contributed by atoms with van der Waals surface area (Å²) in [5.74, 6) is -2.30. The van der Waals surface area contributed by atoms with Gasteiger partial charge in [0.2, 0.25) is 5.41 Å². The summed E-state index contributed by atoms with van der Waals surface area (Å²) >= 11 is 0. The summed E-state index contributed by atoms with van der Waals surface area (Å²) in [5, 5.41) is 11.6. The maximum atomic E-state index is 14.0. The number of Topliss-reactive ketones (excluding diaryl/α,β-unsaturated/α-hetero) is 1. The molecule has 1 N–H and O–H groups in total. The number of fused-ring (bicyclic) bond motifs is 1. The quantitative estimate of drug-likeness (QED) is 0.142. The molecule has 0 amide bonds. The molecule has 0 bridgehead atoms. The summed E-state index contributed by atoms with van der Waals surface area (Å²) in [6, 6.07) is 24.1. The lowest BCUT2D eigenvalue weighted by molar-refractivity contribution is -0.162. The van der Waals surface area contributed by atoms with Crippen molar-refractivity contribution in [3.63, 3.8) is 0 Å². The largest absolute Gasteiger partial charge is 0.507 e. The highest BCUT2D eigenvalue weighted by atomic mass is 16.6. The minimum Gasteiger partial charge on any atom is -0.507 e. The molecule has 0 unspecified atom stereocenters. The van der Waals surface area contributed by atoms with Gasteiger partial charge in [0, 0.05) is 11.1 Å². The molecule has 0 spiro atoms. The van der Waals surface area contributed by atoms with Crippen molar-refractivity contribution in [3.05, 3.63) is 118 Å². The van der Waals surface area contributed by atoms with Crippen molar-refractivity contribution in [2.24, 2.45) is 0 Å². The summed E-state index contributed by atoms with van der Waals surface area (Å²) < 4.78 is 10.8. The molecule has 4 rings (SSSR count). The van der Waals surface area contributed by atoms with E-state index in [1.54, 1.807) is 106 Å². The molecule has 6 heteroatoms. The molecule has 0 saturated heterocycles. The third-order valence-corrected chi connectivity index (χ3v) is 6.50. The van der Waals surface area contributed by atoms with E-state index in [1.807, 2.05) is 0 Å². The summed E-state index contributed by atoms with van der Waals surface area (Å²) in [4.78, 5) is 41.2. The average Bonchev–Trinajstić information content (AvgIpc) is 3.19. The Kier molecular flexibility index (Phi) is 7.39. The van der Waals surface area contributed by atoms with Gasteiger partial charge in [-0.25, -0.2) is 0 Å². The van der Waals surface area contributed by atoms with E-state index in [9.17, 15) is 19.5 Å². The van der Waals surface area contributed by atoms with Gasteiger partial charge >= 0.3 is 11.9 Å². The monoisotopic (exact) mass is 496 g/mol. The number of hydrogen-bond donors (Lipinski definition) is 1. The van der Waals surface area contributed by atoms with Crippen molar-refractivity contribution in [2.75, 3.05) is 13.2 Å². The van der Waals surface area contributed by atoms with Gasteiger partial charge in [-0.05, 0) is 43.0 Å². The molecule has 3 aromatic rings. The van der Waals surface area contributed by atoms with Crippen LogP contribution in [0.4, 0.5) is 0 Å². The van der Waals surface area contributed by atoms with Gasteiger partial charge in [0.05, 0.1) is 18.8 Å². The third kappa shape index (κ3) is 4.25. The molecule has 0 radical (unpaired) electrons. The van der Waals surface area contributed by atoms with Crippen molar-refractivity contribution < 1.29 is 29.0 Å². The minimum absolute atomic E-state index is 0.0159. The third-order valence-electron chi connectivity index (χ3n) is 6.50. The van der Waals surface area contributed by atoms with Crippen LogP contribution >= 0.6 is 0 Å². The van der Waals surface area contributed by atoms with Crippen LogP contribution in [-0.4, -0.2) is 36.0 Å². The topological polar surface area (TPSA) is 89.9 Å². The number of carbonyl (C=O) groups excluding carboxylic acids is 3. The number of esters is 2. The van der Waals surface area contributed by atoms with Gasteiger partial charge in [-0.15, -0.1) is 0 Å². The fraction of sp³-hybridized carbons (Fsp3) is 0.194. The van der Waals surface area contributed by atoms with Crippen LogP contribution in [0.3, 0.4) is 0 Å². The molecule has 0 aromatic heterocycles. The number of rotatable bonds is 8. The molecular formula is C31H28O6. The molecule has 0 aliphatic heterocycles. The van der Waals surface area contributed by atoms with E-state index in [0.29, 0.717) is 27.8 Å². The fourth-order valence-corrected chi connectivity index (χ4v) is 4.84. The molecule has 37 heavy (non-hydrogen) atoms. The smallest absolute Gasteiger partial charge is 0.332 e. The normalized spacial score (nSPS) is 14.5. The van der Waals surface area contributed by atoms with Gasteiger partial charge < -0.3 is 14.6 Å². The molecule has 6 nitrogen and oxygen atoms in total. The van der Waals surface area contributed by atoms with Crippen molar-refractivity contribution >= 4 is 29.1 Å². The van der Waals surface area contributed by atoms with Crippen molar-refractivity contribution in [1.29, 1.82) is 0 Å². The second kappa shape index (κ2) is 10.7. The maximum Gasteiger partial charge on any atom is 0.332 e. The second-order valence-corrected chi connectivity index (χ2v) is 8.52. The molecule has 3 aromatic carbocycles. The highest BCUT2D eigenvalue weighted by Crippen LogP contribution is 2.51. The van der Waals surface area contributed by atoms with Gasteiger partial charge in [0.1, 0.15) is 5.76 Å². The van der Waals surface area contributed by atoms with E-state index >= 15 is 0 Å². The number of aliphatic hydroxyl groups is 1. The van der Waals surface area contributed by atoms with Crippen LogP contribution in [0.5, 0.6) is 0 Å². The van der Waals surface area contributed by atoms with Crippen molar-refractivity contribution in [3.8, 4) is 0 Å². The minimum atomic E-state index is -1.92. The zero-order valence-electron chi connectivity index (χ0n) is 21.0. The molecule has 188 valence electrons. The highest BCUT2D eigenvalue weighted by molar-refractivity contribution is 6.26. The Bertz CT molecular complexity index is 1380. The number of hydrogen-bond acceptors (Lipinski definition) is 6. The molecule has 0 saturated carbocycles. The van der Waals surface area contributed by atoms with Crippen LogP contribution in [0.2, 0.25) is 0 Å². The maximum absolute atomic E-state index is 14.0. The molecule has 1 aliphatic rings. The van der Waals surface area contributed by atoms with Crippen LogP contribution in [0.1, 0.15) is 47.8 Å². The highest BCUT2D eigenvalue weighted by Gasteiger charge is 2.58. The van der Waals surface area contributed by atoms with Crippen molar-refractivity contribution in [2.45, 2.75) is 26.2 Å². The first-order valence-electron chi connectivity index (χ1n) is 12.1. The Balaban J connectivity index is 2.11. The number of carbonyl (C=O) groups is 3. The molecule has 0 atom stereocenters. The van der Waals surface area contributed by atoms with Crippen LogP contribution in [0, 0.1) is 0 Å². The van der Waals surface area contributed by atoms with E-state index < -0.39 is 23.1 Å². The Hall–Kier alpha value is -4.45. The van der Waals surface area contributed by atoms with E-state index in [2.05, 4.69) is 0 Å². The van der Waals surface area contributed by atoms with E-state index in [-0.39, 0.29) is 30.1 Å². The fourth-order valence-electron chi connectivity index (χ4n) is 4.84. The number of ketones is 1. The summed E-state index contributed by atoms with van der Waals surface area (Å²) in [6.45, 7) is 5.02. The number of aliphatic hydroxyl groups excluding tert-OH is 1. The Morgan fingerprint density at radius 3 is 1.76 bits per heavy atom. The van der Waals surface area contributed by atoms with Gasteiger partial charge in [-0.1, -0.05) is 84.9 Å². The molecular weight excluding hydrogens is 468 g/mol. The second-order valence-electron chi connectivity index (χ2n) is 8.52. The molecule has 0 heterocycles. The van der Waals surface area contributed by atoms with Crippen LogP contribution < -0.4 is 0 Å². The summed E-state index contributed by atoms with van der Waals surface area (Å²) in [6.07, 6.45) is 0. The summed E-state index contributed by atoms with van der Waals surface area (Å²) in [7, 11) is 0. The SMILES string of the molecule is CCOC(=O)C1(C(=O)OCC)C(C)=C(/C(C(=O)c2ccccc2)=C(/O)c2ccccc2)c2ccccc21. The van der Waals surface area contributed by atoms with E-state index in [4.69, 9.17) is 9.47 Å². The van der Waals surface area contributed by atoms with Gasteiger partial charge in [-0.3, -0.25) is 14.4 Å². The Morgan fingerprint density at radius 2 is 1.22 bits per heavy atom. The van der Waals surface area contributed by atoms with Gasteiger partial charge in [-0.2, -0.15) is 0 Å². The van der Waals surface area contributed by atoms with E-state index in [1.165, 1.54) is 0 Å². The number of allylic oxidation sites excluding steroid dienone is 2. The zero-order valence-corrected chi connectivity index (χ0v) is 21.0. The Labute approximate surface area is 215 Å². The molecule has 0 fully saturated rings. The lowest BCUT2D eigenvalue weighted by Gasteiger charge is -2.27. The number of benzene rings is 3. The standard InChI is InChI=1S/C31H28O6/c1-4-36-29(34)31(30(35)37-5-2)20(3)25(23-18-12-13-19-24(23)31)26(27(32)21-14-8-6-9-15-21)28(33)22-16-10-7-11-17-22/h6-19,32H,4-5H2,1-3H3/b27-26-. The number of ether oxygens (including phenoxy) is 2. The lowest BCUT2D eigenvalue weighted by atomic mass is 9.77. The first kappa shape index (κ1) is 25.6. The van der Waals surface area contributed by atoms with Crippen molar-refractivity contribution in [1.82, 2.24) is 0 Å². The van der Waals surface area contributed by atoms with Gasteiger partial charge in [0.15, 0.2) is 5.78 Å². The molecule has 1 aliphatic carbocycles. The van der Waals surface area contributed by atoms with Crippen LogP contribution in [-0.2, 0) is 24.5 Å².